The average Bonchev–Trinajstić information content (AvgIpc) is 2.82. The summed E-state index contributed by atoms with van der Waals surface area (Å²) in [6.07, 6.45) is 1.47. The van der Waals surface area contributed by atoms with Crippen molar-refractivity contribution >= 4 is 29.3 Å². The van der Waals surface area contributed by atoms with Crippen molar-refractivity contribution in [2.75, 3.05) is 24.4 Å². The van der Waals surface area contributed by atoms with E-state index in [0.29, 0.717) is 28.4 Å². The molecule has 0 spiro atoms. The van der Waals surface area contributed by atoms with Gasteiger partial charge < -0.3 is 20.1 Å². The quantitative estimate of drug-likeness (QED) is 0.394. The Bertz CT molecular complexity index is 1230. The molecule has 0 aliphatic rings. The number of para-hydroxylation sites is 2. The molecule has 0 unspecified atom stereocenters. The zero-order chi connectivity index (χ0) is 23.6. The molecule has 33 heavy (non-hydrogen) atoms. The Hall–Kier alpha value is -4.57. The number of benzene rings is 3. The van der Waals surface area contributed by atoms with E-state index in [-0.39, 0.29) is 18.1 Å². The minimum Gasteiger partial charge on any atom is -0.495 e. The first-order chi connectivity index (χ1) is 16.0. The van der Waals surface area contributed by atoms with Gasteiger partial charge >= 0.3 is 0 Å². The number of hydrogen-bond donors (Lipinski definition) is 2. The van der Waals surface area contributed by atoms with Gasteiger partial charge in [-0.1, -0.05) is 36.4 Å². The molecule has 0 aromatic heterocycles. The summed E-state index contributed by atoms with van der Waals surface area (Å²) in [5.41, 5.74) is 2.69. The van der Waals surface area contributed by atoms with Gasteiger partial charge in [0.15, 0.2) is 6.61 Å². The predicted molar refractivity (Wildman–Crippen MR) is 127 cm³/mol. The molecule has 0 fully saturated rings. The molecule has 0 bridgehead atoms. The van der Waals surface area contributed by atoms with Crippen molar-refractivity contribution < 1.29 is 19.1 Å². The molecule has 7 nitrogen and oxygen atoms in total. The van der Waals surface area contributed by atoms with Crippen LogP contribution in [0, 0.1) is 18.3 Å². The molecule has 166 valence electrons. The van der Waals surface area contributed by atoms with Crippen LogP contribution < -0.4 is 20.1 Å². The monoisotopic (exact) mass is 441 g/mol. The number of amides is 2. The highest BCUT2D eigenvalue weighted by Crippen LogP contribution is 2.23. The van der Waals surface area contributed by atoms with Crippen LogP contribution >= 0.6 is 0 Å². The minimum atomic E-state index is -0.509. The van der Waals surface area contributed by atoms with Crippen molar-refractivity contribution in [1.82, 2.24) is 0 Å². The second-order valence-electron chi connectivity index (χ2n) is 7.10. The molecule has 2 N–H and O–H groups in total. The van der Waals surface area contributed by atoms with Crippen LogP contribution in [0.5, 0.6) is 11.5 Å². The number of anilines is 2. The van der Waals surface area contributed by atoms with Crippen LogP contribution in [0.2, 0.25) is 0 Å². The molecule has 0 aliphatic carbocycles. The number of methoxy groups -OCH3 is 1. The lowest BCUT2D eigenvalue weighted by Crippen LogP contribution is -2.20. The van der Waals surface area contributed by atoms with E-state index in [1.54, 1.807) is 54.6 Å². The van der Waals surface area contributed by atoms with Crippen molar-refractivity contribution in [3.8, 4) is 17.6 Å². The van der Waals surface area contributed by atoms with Gasteiger partial charge in [0.1, 0.15) is 23.1 Å². The molecule has 0 heterocycles. The smallest absolute Gasteiger partial charge is 0.266 e. The van der Waals surface area contributed by atoms with E-state index < -0.39 is 5.91 Å². The summed E-state index contributed by atoms with van der Waals surface area (Å²) in [4.78, 5) is 24.7. The number of hydrogen-bond acceptors (Lipinski definition) is 5. The lowest BCUT2D eigenvalue weighted by molar-refractivity contribution is -0.118. The minimum absolute atomic E-state index is 0.0532. The average molecular weight is 441 g/mol. The van der Waals surface area contributed by atoms with Gasteiger partial charge in [0.25, 0.3) is 11.8 Å². The Morgan fingerprint density at radius 2 is 1.79 bits per heavy atom. The number of aryl methyl sites for hydroxylation is 1. The lowest BCUT2D eigenvalue weighted by Gasteiger charge is -2.11. The molecular weight excluding hydrogens is 418 g/mol. The third-order valence-electron chi connectivity index (χ3n) is 4.56. The van der Waals surface area contributed by atoms with Crippen LogP contribution in [0.4, 0.5) is 11.4 Å². The van der Waals surface area contributed by atoms with Crippen LogP contribution in [0.3, 0.4) is 0 Å². The van der Waals surface area contributed by atoms with Crippen molar-refractivity contribution in [1.29, 1.82) is 5.26 Å². The molecule has 3 aromatic carbocycles. The fourth-order valence-corrected chi connectivity index (χ4v) is 3.01. The van der Waals surface area contributed by atoms with Gasteiger partial charge in [0, 0.05) is 5.69 Å². The van der Waals surface area contributed by atoms with E-state index in [1.165, 1.54) is 13.2 Å². The summed E-state index contributed by atoms with van der Waals surface area (Å²) in [7, 11) is 1.52. The number of carbonyl (C=O) groups excluding carboxylic acids is 2. The first-order valence-corrected chi connectivity index (χ1v) is 10.1. The second-order valence-corrected chi connectivity index (χ2v) is 7.10. The molecule has 2 amide bonds. The number of carbonyl (C=O) groups is 2. The molecule has 0 atom stereocenters. The van der Waals surface area contributed by atoms with Crippen molar-refractivity contribution in [3.05, 3.63) is 89.5 Å². The number of nitriles is 1. The zero-order valence-corrected chi connectivity index (χ0v) is 18.3. The van der Waals surface area contributed by atoms with Gasteiger partial charge in [-0.3, -0.25) is 9.59 Å². The molecule has 0 saturated heterocycles. The second kappa shape index (κ2) is 11.2. The van der Waals surface area contributed by atoms with E-state index in [4.69, 9.17) is 9.47 Å². The fraction of sp³-hybridized carbons (Fsp3) is 0.115. The van der Waals surface area contributed by atoms with Crippen LogP contribution in [0.15, 0.2) is 78.4 Å². The van der Waals surface area contributed by atoms with Crippen LogP contribution in [-0.2, 0) is 9.59 Å². The zero-order valence-electron chi connectivity index (χ0n) is 18.3. The Balaban J connectivity index is 1.64. The van der Waals surface area contributed by atoms with E-state index in [2.05, 4.69) is 10.6 Å². The highest BCUT2D eigenvalue weighted by atomic mass is 16.5. The van der Waals surface area contributed by atoms with Gasteiger partial charge in [-0.2, -0.15) is 5.26 Å². The first-order valence-electron chi connectivity index (χ1n) is 10.1. The van der Waals surface area contributed by atoms with Gasteiger partial charge in [0.2, 0.25) is 0 Å². The molecule has 7 heteroatoms. The fourth-order valence-electron chi connectivity index (χ4n) is 3.01. The van der Waals surface area contributed by atoms with Crippen LogP contribution in [0.1, 0.15) is 11.1 Å². The highest BCUT2D eigenvalue weighted by Gasteiger charge is 2.11. The third-order valence-corrected chi connectivity index (χ3v) is 4.56. The molecule has 0 saturated carbocycles. The number of ether oxygens (including phenoxy) is 2. The Morgan fingerprint density at radius 1 is 1.00 bits per heavy atom. The van der Waals surface area contributed by atoms with E-state index in [0.717, 1.165) is 5.56 Å². The SMILES string of the molecule is COc1ccccc1NC(=O)COc1cccc(C=C(C#N)C(=O)Nc2cccc(C)c2)c1. The molecule has 0 aliphatic heterocycles. The summed E-state index contributed by atoms with van der Waals surface area (Å²) < 4.78 is 10.8. The molecule has 3 aromatic rings. The topological polar surface area (TPSA) is 100 Å². The molecule has 0 radical (unpaired) electrons. The largest absolute Gasteiger partial charge is 0.495 e. The van der Waals surface area contributed by atoms with Crippen molar-refractivity contribution in [2.24, 2.45) is 0 Å². The van der Waals surface area contributed by atoms with Crippen molar-refractivity contribution in [3.63, 3.8) is 0 Å². The van der Waals surface area contributed by atoms with Crippen LogP contribution in [0.25, 0.3) is 6.08 Å². The number of rotatable bonds is 8. The van der Waals surface area contributed by atoms with Gasteiger partial charge in [-0.15, -0.1) is 0 Å². The van der Waals surface area contributed by atoms with Crippen molar-refractivity contribution in [2.45, 2.75) is 6.92 Å². The summed E-state index contributed by atoms with van der Waals surface area (Å²) in [6, 6.07) is 23.1. The van der Waals surface area contributed by atoms with E-state index in [1.807, 2.05) is 31.2 Å². The van der Waals surface area contributed by atoms with Gasteiger partial charge in [-0.25, -0.2) is 0 Å². The number of nitrogens with one attached hydrogen (secondary N) is 2. The predicted octanol–water partition coefficient (Wildman–Crippen LogP) is 4.57. The summed E-state index contributed by atoms with van der Waals surface area (Å²) >= 11 is 0. The summed E-state index contributed by atoms with van der Waals surface area (Å²) in [5, 5.41) is 14.9. The normalized spacial score (nSPS) is 10.6. The standard InChI is InChI=1S/C26H23N3O4/c1-18-7-5-9-21(13-18)28-26(31)20(16-27)14-19-8-6-10-22(15-19)33-17-25(30)29-23-11-3-4-12-24(23)32-2/h3-15H,17H2,1-2H3,(H,28,31)(H,29,30). The lowest BCUT2D eigenvalue weighted by atomic mass is 10.1. The van der Waals surface area contributed by atoms with Crippen LogP contribution in [-0.4, -0.2) is 25.5 Å². The molecule has 3 rings (SSSR count). The Morgan fingerprint density at radius 3 is 2.55 bits per heavy atom. The maximum atomic E-state index is 12.5. The van der Waals surface area contributed by atoms with E-state index in [9.17, 15) is 14.9 Å². The number of nitrogens with zero attached hydrogens (tertiary/aromatic N) is 1. The van der Waals surface area contributed by atoms with Gasteiger partial charge in [0.05, 0.1) is 12.8 Å². The van der Waals surface area contributed by atoms with Gasteiger partial charge in [-0.05, 0) is 60.5 Å². The summed E-state index contributed by atoms with van der Waals surface area (Å²) in [6.45, 7) is 1.70. The van der Waals surface area contributed by atoms with E-state index >= 15 is 0 Å². The highest BCUT2D eigenvalue weighted by molar-refractivity contribution is 6.09. The maximum Gasteiger partial charge on any atom is 0.266 e. The molecular formula is C26H23N3O4. The third kappa shape index (κ3) is 6.71. The maximum absolute atomic E-state index is 12.5. The Kier molecular flexibility index (Phi) is 7.81. The summed E-state index contributed by atoms with van der Waals surface area (Å²) in [5.74, 6) is 0.113. The first kappa shape index (κ1) is 23.1. The Labute approximate surface area is 192 Å².